The molecule has 1 amide bonds. The van der Waals surface area contributed by atoms with Crippen LogP contribution >= 0.6 is 11.3 Å². The number of furan rings is 1. The number of carbonyl (C=O) groups is 1. The number of anilines is 1. The molecule has 1 aliphatic heterocycles. The van der Waals surface area contributed by atoms with Gasteiger partial charge in [0.25, 0.3) is 5.91 Å². The first-order valence-electron chi connectivity index (χ1n) is 10.5. The van der Waals surface area contributed by atoms with Crippen LogP contribution in [0.4, 0.5) is 5.00 Å². The molecule has 4 rings (SSSR count). The van der Waals surface area contributed by atoms with Gasteiger partial charge in [0.05, 0.1) is 12.3 Å². The molecule has 0 radical (unpaired) electrons. The van der Waals surface area contributed by atoms with Gasteiger partial charge < -0.3 is 14.6 Å². The lowest BCUT2D eigenvalue weighted by Crippen LogP contribution is -2.46. The summed E-state index contributed by atoms with van der Waals surface area (Å²) in [5, 5.41) is 4.04. The van der Waals surface area contributed by atoms with Crippen LogP contribution in [-0.4, -0.2) is 48.9 Å². The zero-order valence-electron chi connectivity index (χ0n) is 17.9. The fourth-order valence-corrected chi connectivity index (χ4v) is 4.95. The molecule has 2 aromatic heterocycles. The molecule has 0 saturated carbocycles. The van der Waals surface area contributed by atoms with Crippen LogP contribution in [0.1, 0.15) is 45.1 Å². The molecule has 1 N–H and O–H groups in total. The van der Waals surface area contributed by atoms with E-state index in [9.17, 15) is 4.79 Å². The Labute approximate surface area is 182 Å². The Hall–Kier alpha value is -2.41. The minimum absolute atomic E-state index is 0.114. The van der Waals surface area contributed by atoms with Gasteiger partial charge in [-0.15, -0.1) is 11.3 Å². The first kappa shape index (κ1) is 20.8. The van der Waals surface area contributed by atoms with E-state index in [1.165, 1.54) is 27.8 Å². The smallest absolute Gasteiger partial charge is 0.291 e. The van der Waals surface area contributed by atoms with E-state index in [4.69, 9.17) is 4.42 Å². The summed E-state index contributed by atoms with van der Waals surface area (Å²) in [6.45, 7) is 8.35. The van der Waals surface area contributed by atoms with Crippen molar-refractivity contribution in [2.75, 3.05) is 38.5 Å². The van der Waals surface area contributed by atoms with Crippen LogP contribution in [0.3, 0.4) is 0 Å². The van der Waals surface area contributed by atoms with Gasteiger partial charge in [0.1, 0.15) is 5.00 Å². The van der Waals surface area contributed by atoms with Gasteiger partial charge in [-0.05, 0) is 44.2 Å². The van der Waals surface area contributed by atoms with Gasteiger partial charge in [0.2, 0.25) is 0 Å². The maximum Gasteiger partial charge on any atom is 0.291 e. The van der Waals surface area contributed by atoms with Crippen molar-refractivity contribution in [1.29, 1.82) is 0 Å². The summed E-state index contributed by atoms with van der Waals surface area (Å²) >= 11 is 1.67. The number of aryl methyl sites for hydroxylation is 2. The highest BCUT2D eigenvalue weighted by molar-refractivity contribution is 7.16. The van der Waals surface area contributed by atoms with Crippen molar-refractivity contribution in [2.45, 2.75) is 26.3 Å². The standard InChI is InChI=1S/C24H29N3O2S/c1-4-19-16-20(24(30-19)25-23(28)21-6-5-15-29-21)22(18-9-7-17(2)8-10-18)27-13-11-26(3)12-14-27/h5-10,15-16,22H,4,11-14H2,1-3H3,(H,25,28). The second-order valence-corrected chi connectivity index (χ2v) is 9.07. The van der Waals surface area contributed by atoms with E-state index in [-0.39, 0.29) is 11.9 Å². The van der Waals surface area contributed by atoms with E-state index in [1.807, 2.05) is 0 Å². The largest absolute Gasteiger partial charge is 0.459 e. The molecule has 158 valence electrons. The average molecular weight is 424 g/mol. The normalized spacial score (nSPS) is 16.5. The third-order valence-electron chi connectivity index (χ3n) is 5.72. The Kier molecular flexibility index (Phi) is 6.37. The quantitative estimate of drug-likeness (QED) is 0.619. The van der Waals surface area contributed by atoms with Crippen LogP contribution in [0.25, 0.3) is 0 Å². The molecule has 1 unspecified atom stereocenters. The number of thiophene rings is 1. The molecule has 1 atom stereocenters. The number of nitrogens with zero attached hydrogens (tertiary/aromatic N) is 2. The van der Waals surface area contributed by atoms with E-state index >= 15 is 0 Å². The number of nitrogens with one attached hydrogen (secondary N) is 1. The third kappa shape index (κ3) is 4.51. The number of hydrogen-bond donors (Lipinski definition) is 1. The first-order chi connectivity index (χ1) is 14.5. The molecule has 1 saturated heterocycles. The molecule has 30 heavy (non-hydrogen) atoms. The van der Waals surface area contributed by atoms with Gasteiger partial charge >= 0.3 is 0 Å². The van der Waals surface area contributed by atoms with Crippen LogP contribution in [0, 0.1) is 6.92 Å². The summed E-state index contributed by atoms with van der Waals surface area (Å²) in [5.74, 6) is 0.130. The summed E-state index contributed by atoms with van der Waals surface area (Å²) in [6.07, 6.45) is 2.47. The lowest BCUT2D eigenvalue weighted by Gasteiger charge is -2.38. The van der Waals surface area contributed by atoms with E-state index in [0.717, 1.165) is 37.6 Å². The second kappa shape index (κ2) is 9.16. The molecular weight excluding hydrogens is 394 g/mol. The van der Waals surface area contributed by atoms with Crippen molar-refractivity contribution < 1.29 is 9.21 Å². The van der Waals surface area contributed by atoms with Crippen LogP contribution < -0.4 is 5.32 Å². The second-order valence-electron chi connectivity index (χ2n) is 7.93. The lowest BCUT2D eigenvalue weighted by molar-refractivity contribution is 0.0996. The molecular formula is C24H29N3O2S. The zero-order chi connectivity index (χ0) is 21.1. The van der Waals surface area contributed by atoms with E-state index in [1.54, 1.807) is 23.5 Å². The maximum absolute atomic E-state index is 12.7. The van der Waals surface area contributed by atoms with Crippen molar-refractivity contribution in [3.05, 3.63) is 76.1 Å². The van der Waals surface area contributed by atoms with Crippen LogP contribution in [0.2, 0.25) is 0 Å². The number of benzene rings is 1. The van der Waals surface area contributed by atoms with Gasteiger partial charge in [-0.2, -0.15) is 0 Å². The highest BCUT2D eigenvalue weighted by Crippen LogP contribution is 2.40. The Balaban J connectivity index is 1.72. The third-order valence-corrected chi connectivity index (χ3v) is 6.93. The van der Waals surface area contributed by atoms with Gasteiger partial charge in [-0.1, -0.05) is 36.8 Å². The predicted octanol–water partition coefficient (Wildman–Crippen LogP) is 4.80. The van der Waals surface area contributed by atoms with Crippen molar-refractivity contribution in [1.82, 2.24) is 9.80 Å². The van der Waals surface area contributed by atoms with E-state index in [2.05, 4.69) is 66.3 Å². The number of likely N-dealkylation sites (N-methyl/N-ethyl adjacent to an activating group) is 1. The first-order valence-corrected chi connectivity index (χ1v) is 11.3. The Morgan fingerprint density at radius 2 is 1.90 bits per heavy atom. The van der Waals surface area contributed by atoms with Crippen LogP contribution in [-0.2, 0) is 6.42 Å². The number of carbonyl (C=O) groups excluding carboxylic acids is 1. The summed E-state index contributed by atoms with van der Waals surface area (Å²) in [5.41, 5.74) is 3.69. The van der Waals surface area contributed by atoms with Crippen LogP contribution in [0.5, 0.6) is 0 Å². The molecule has 0 bridgehead atoms. The van der Waals surface area contributed by atoms with Gasteiger partial charge in [-0.25, -0.2) is 0 Å². The van der Waals surface area contributed by atoms with Gasteiger partial charge in [-0.3, -0.25) is 9.69 Å². The molecule has 3 aromatic rings. The highest BCUT2D eigenvalue weighted by Gasteiger charge is 2.29. The average Bonchev–Trinajstić information content (AvgIpc) is 3.42. The number of hydrogen-bond acceptors (Lipinski definition) is 5. The minimum atomic E-state index is -0.202. The Morgan fingerprint density at radius 3 is 2.53 bits per heavy atom. The summed E-state index contributed by atoms with van der Waals surface area (Å²) < 4.78 is 5.30. The monoisotopic (exact) mass is 423 g/mol. The van der Waals surface area contributed by atoms with Gasteiger partial charge in [0.15, 0.2) is 5.76 Å². The van der Waals surface area contributed by atoms with Gasteiger partial charge in [0, 0.05) is 36.6 Å². The molecule has 1 fully saturated rings. The highest BCUT2D eigenvalue weighted by atomic mass is 32.1. The molecule has 6 heteroatoms. The van der Waals surface area contributed by atoms with Crippen molar-refractivity contribution >= 4 is 22.2 Å². The predicted molar refractivity (Wildman–Crippen MR) is 122 cm³/mol. The fourth-order valence-electron chi connectivity index (χ4n) is 3.92. The molecule has 1 aliphatic rings. The number of piperazine rings is 1. The summed E-state index contributed by atoms with van der Waals surface area (Å²) in [6, 6.07) is 14.6. The van der Waals surface area contributed by atoms with Crippen molar-refractivity contribution in [3.63, 3.8) is 0 Å². The van der Waals surface area contributed by atoms with Crippen LogP contribution in [0.15, 0.2) is 53.1 Å². The summed E-state index contributed by atoms with van der Waals surface area (Å²) in [7, 11) is 2.17. The topological polar surface area (TPSA) is 48.7 Å². The molecule has 0 spiro atoms. The number of rotatable bonds is 6. The molecule has 0 aliphatic carbocycles. The Morgan fingerprint density at radius 1 is 1.17 bits per heavy atom. The Bertz CT molecular complexity index is 971. The number of amides is 1. The minimum Gasteiger partial charge on any atom is -0.459 e. The van der Waals surface area contributed by atoms with Crippen molar-refractivity contribution in [3.8, 4) is 0 Å². The lowest BCUT2D eigenvalue weighted by atomic mass is 9.96. The van der Waals surface area contributed by atoms with E-state index in [0.29, 0.717) is 5.76 Å². The molecule has 1 aromatic carbocycles. The fraction of sp³-hybridized carbons (Fsp3) is 0.375. The van der Waals surface area contributed by atoms with Crippen molar-refractivity contribution in [2.24, 2.45) is 0 Å². The molecule has 3 heterocycles. The van der Waals surface area contributed by atoms with E-state index < -0.39 is 0 Å². The summed E-state index contributed by atoms with van der Waals surface area (Å²) in [4.78, 5) is 18.9. The SMILES string of the molecule is CCc1cc(C(c2ccc(C)cc2)N2CCN(C)CC2)c(NC(=O)c2ccco2)s1. The molecule has 5 nitrogen and oxygen atoms in total. The zero-order valence-corrected chi connectivity index (χ0v) is 18.7. The maximum atomic E-state index is 12.7.